The fourth-order valence-corrected chi connectivity index (χ4v) is 9.42. The standard InChI is InChI=1S/C61H117NO5/c1-4-7-10-13-16-19-22-25-28-30-31-33-36-39-42-45-48-51-54-61(66)67-57(52-49-46-43-40-37-34-27-24-21-18-15-12-9-6-3)55-60(65)62-58(56-63)59(64)53-50-47-44-41-38-35-32-29-26-23-20-17-14-11-8-5-2/h31,33-34,37,57-59,63-64H,4-30,32,35-36,38-56H2,1-3H3,(H,62,65)/b33-31+,37-34+. The van der Waals surface area contributed by atoms with Crippen molar-refractivity contribution in [3.63, 3.8) is 0 Å². The number of hydrogen-bond donors (Lipinski definition) is 3. The van der Waals surface area contributed by atoms with Crippen LogP contribution in [-0.4, -0.2) is 46.9 Å². The van der Waals surface area contributed by atoms with Gasteiger partial charge in [0.05, 0.1) is 25.2 Å². The Balaban J connectivity index is 4.52. The van der Waals surface area contributed by atoms with E-state index in [1.54, 1.807) is 0 Å². The van der Waals surface area contributed by atoms with E-state index in [0.717, 1.165) is 64.2 Å². The zero-order valence-electron chi connectivity index (χ0n) is 45.3. The average Bonchev–Trinajstić information content (AvgIpc) is 3.32. The first-order valence-corrected chi connectivity index (χ1v) is 30.1. The highest BCUT2D eigenvalue weighted by Crippen LogP contribution is 2.18. The van der Waals surface area contributed by atoms with E-state index >= 15 is 0 Å². The highest BCUT2D eigenvalue weighted by Gasteiger charge is 2.24. The Morgan fingerprint density at radius 1 is 0.418 bits per heavy atom. The van der Waals surface area contributed by atoms with Crippen LogP contribution in [0.2, 0.25) is 0 Å². The first-order chi connectivity index (χ1) is 33.0. The highest BCUT2D eigenvalue weighted by molar-refractivity contribution is 5.77. The molecule has 0 aromatic rings. The predicted octanol–water partition coefficient (Wildman–Crippen LogP) is 18.6. The summed E-state index contributed by atoms with van der Waals surface area (Å²) in [5.41, 5.74) is 0. The van der Waals surface area contributed by atoms with Gasteiger partial charge in [-0.1, -0.05) is 263 Å². The van der Waals surface area contributed by atoms with Gasteiger partial charge < -0.3 is 20.3 Å². The number of carbonyl (C=O) groups is 2. The molecule has 6 nitrogen and oxygen atoms in total. The molecule has 0 rings (SSSR count). The fraction of sp³-hybridized carbons (Fsp3) is 0.902. The third-order valence-electron chi connectivity index (χ3n) is 14.0. The lowest BCUT2D eigenvalue weighted by Gasteiger charge is -2.24. The zero-order valence-corrected chi connectivity index (χ0v) is 45.3. The molecule has 1 amide bonds. The molecule has 67 heavy (non-hydrogen) atoms. The molecule has 0 bridgehead atoms. The molecule has 3 atom stereocenters. The number of nitrogens with one attached hydrogen (secondary N) is 1. The molecular formula is C61H117NO5. The number of esters is 1. The second kappa shape index (κ2) is 55.3. The third-order valence-corrected chi connectivity index (χ3v) is 14.0. The van der Waals surface area contributed by atoms with Crippen LogP contribution >= 0.6 is 0 Å². The van der Waals surface area contributed by atoms with Gasteiger partial charge in [-0.15, -0.1) is 0 Å². The normalized spacial score (nSPS) is 13.2. The SMILES string of the molecule is CCCCCCCCC/C=C/CCCCCC(CC(=O)NC(CO)C(O)CCCCCCCCCCCCCCCCCC)OC(=O)CCCCCCC/C=C/CCCCCCCCCCC. The largest absolute Gasteiger partial charge is 0.462 e. The van der Waals surface area contributed by atoms with E-state index in [1.165, 1.54) is 218 Å². The van der Waals surface area contributed by atoms with Gasteiger partial charge in [0.1, 0.15) is 6.10 Å². The Labute approximate surface area is 418 Å². The van der Waals surface area contributed by atoms with Crippen molar-refractivity contribution in [1.29, 1.82) is 0 Å². The van der Waals surface area contributed by atoms with Crippen LogP contribution in [-0.2, 0) is 14.3 Å². The van der Waals surface area contributed by atoms with Crippen LogP contribution in [0.5, 0.6) is 0 Å². The van der Waals surface area contributed by atoms with E-state index in [0.29, 0.717) is 19.3 Å². The van der Waals surface area contributed by atoms with E-state index in [-0.39, 0.29) is 24.9 Å². The van der Waals surface area contributed by atoms with Crippen molar-refractivity contribution in [2.24, 2.45) is 0 Å². The van der Waals surface area contributed by atoms with Crippen LogP contribution < -0.4 is 5.32 Å². The lowest BCUT2D eigenvalue weighted by atomic mass is 10.0. The summed E-state index contributed by atoms with van der Waals surface area (Å²) in [6, 6.07) is -0.705. The topological polar surface area (TPSA) is 95.9 Å². The maximum absolute atomic E-state index is 13.3. The van der Waals surface area contributed by atoms with Crippen molar-refractivity contribution in [3.8, 4) is 0 Å². The first kappa shape index (κ1) is 65.3. The average molecular weight is 945 g/mol. The molecule has 0 aromatic carbocycles. The van der Waals surface area contributed by atoms with Crippen molar-refractivity contribution in [3.05, 3.63) is 24.3 Å². The van der Waals surface area contributed by atoms with Crippen molar-refractivity contribution in [2.45, 2.75) is 347 Å². The van der Waals surface area contributed by atoms with Crippen LogP contribution in [0.25, 0.3) is 0 Å². The van der Waals surface area contributed by atoms with Crippen LogP contribution in [0.3, 0.4) is 0 Å². The quantitative estimate of drug-likeness (QED) is 0.0321. The van der Waals surface area contributed by atoms with E-state index in [4.69, 9.17) is 4.74 Å². The fourth-order valence-electron chi connectivity index (χ4n) is 9.42. The van der Waals surface area contributed by atoms with Crippen LogP contribution in [0, 0.1) is 0 Å². The van der Waals surface area contributed by atoms with Gasteiger partial charge in [-0.2, -0.15) is 0 Å². The van der Waals surface area contributed by atoms with Crippen molar-refractivity contribution < 1.29 is 24.5 Å². The van der Waals surface area contributed by atoms with Gasteiger partial charge in [0, 0.05) is 6.42 Å². The molecule has 0 aromatic heterocycles. The second-order valence-corrected chi connectivity index (χ2v) is 20.7. The third kappa shape index (κ3) is 50.5. The summed E-state index contributed by atoms with van der Waals surface area (Å²) in [6.07, 6.45) is 65.3. The van der Waals surface area contributed by atoms with Gasteiger partial charge in [-0.05, 0) is 77.0 Å². The molecular weight excluding hydrogens is 827 g/mol. The van der Waals surface area contributed by atoms with Crippen molar-refractivity contribution in [2.75, 3.05) is 6.61 Å². The molecule has 6 heteroatoms. The number of unbranched alkanes of at least 4 members (excludes halogenated alkanes) is 39. The molecule has 0 aliphatic rings. The van der Waals surface area contributed by atoms with E-state index in [1.807, 2.05) is 0 Å². The maximum Gasteiger partial charge on any atom is 0.306 e. The molecule has 3 unspecified atom stereocenters. The molecule has 0 aliphatic heterocycles. The summed E-state index contributed by atoms with van der Waals surface area (Å²) in [5, 5.41) is 23.9. The van der Waals surface area contributed by atoms with Crippen LogP contribution in [0.1, 0.15) is 329 Å². The second-order valence-electron chi connectivity index (χ2n) is 20.7. The van der Waals surface area contributed by atoms with Gasteiger partial charge in [0.15, 0.2) is 0 Å². The number of hydrogen-bond acceptors (Lipinski definition) is 5. The number of carbonyl (C=O) groups excluding carboxylic acids is 2. The Bertz CT molecular complexity index is 1060. The minimum absolute atomic E-state index is 0.0684. The van der Waals surface area contributed by atoms with Gasteiger partial charge in [0.25, 0.3) is 0 Å². The summed E-state index contributed by atoms with van der Waals surface area (Å²) in [7, 11) is 0. The Kier molecular flexibility index (Phi) is 53.9. The van der Waals surface area contributed by atoms with E-state index in [9.17, 15) is 19.8 Å². The van der Waals surface area contributed by atoms with E-state index in [2.05, 4.69) is 50.4 Å². The van der Waals surface area contributed by atoms with Crippen molar-refractivity contribution >= 4 is 11.9 Å². The summed E-state index contributed by atoms with van der Waals surface area (Å²) in [4.78, 5) is 26.3. The summed E-state index contributed by atoms with van der Waals surface area (Å²) >= 11 is 0. The number of aliphatic hydroxyl groups is 2. The van der Waals surface area contributed by atoms with Gasteiger partial charge >= 0.3 is 5.97 Å². The first-order valence-electron chi connectivity index (χ1n) is 30.1. The molecule has 0 aliphatic carbocycles. The maximum atomic E-state index is 13.3. The molecule has 0 radical (unpaired) electrons. The zero-order chi connectivity index (χ0) is 48.8. The lowest BCUT2D eigenvalue weighted by Crippen LogP contribution is -2.46. The minimum atomic E-state index is -0.791. The van der Waals surface area contributed by atoms with Crippen LogP contribution in [0.4, 0.5) is 0 Å². The number of aliphatic hydroxyl groups excluding tert-OH is 2. The number of amides is 1. The Morgan fingerprint density at radius 2 is 0.716 bits per heavy atom. The number of rotatable bonds is 55. The lowest BCUT2D eigenvalue weighted by molar-refractivity contribution is -0.151. The summed E-state index contributed by atoms with van der Waals surface area (Å²) < 4.78 is 5.96. The Morgan fingerprint density at radius 3 is 1.07 bits per heavy atom. The summed E-state index contributed by atoms with van der Waals surface area (Å²) in [5.74, 6) is -0.480. The molecule has 0 heterocycles. The highest BCUT2D eigenvalue weighted by atomic mass is 16.5. The van der Waals surface area contributed by atoms with Crippen molar-refractivity contribution in [1.82, 2.24) is 5.32 Å². The smallest absolute Gasteiger partial charge is 0.306 e. The molecule has 396 valence electrons. The molecule has 0 spiro atoms. The number of ether oxygens (including phenoxy) is 1. The molecule has 0 fully saturated rings. The van der Waals surface area contributed by atoms with E-state index < -0.39 is 18.2 Å². The predicted molar refractivity (Wildman–Crippen MR) is 292 cm³/mol. The molecule has 0 saturated heterocycles. The molecule has 3 N–H and O–H groups in total. The Hall–Kier alpha value is -1.66. The molecule has 0 saturated carbocycles. The van der Waals surface area contributed by atoms with Gasteiger partial charge in [0.2, 0.25) is 5.91 Å². The summed E-state index contributed by atoms with van der Waals surface area (Å²) in [6.45, 7) is 6.52. The number of allylic oxidation sites excluding steroid dienone is 4. The monoisotopic (exact) mass is 944 g/mol. The van der Waals surface area contributed by atoms with Gasteiger partial charge in [-0.25, -0.2) is 0 Å². The minimum Gasteiger partial charge on any atom is -0.462 e. The van der Waals surface area contributed by atoms with Gasteiger partial charge in [-0.3, -0.25) is 9.59 Å². The van der Waals surface area contributed by atoms with Crippen LogP contribution in [0.15, 0.2) is 24.3 Å².